The number of aryl methyl sites for hydroxylation is 2. The molecule has 0 aliphatic rings. The summed E-state index contributed by atoms with van der Waals surface area (Å²) in [4.78, 5) is 12.7. The SMILES string of the molecule is COc1cc(OC)c(C(=O)Nc2c(C)cc(C)cc2Cl)cc1OC. The lowest BCUT2D eigenvalue weighted by molar-refractivity contribution is 0.102. The van der Waals surface area contributed by atoms with Crippen LogP contribution in [0.15, 0.2) is 24.3 Å². The topological polar surface area (TPSA) is 56.8 Å². The first-order chi connectivity index (χ1) is 11.4. The predicted octanol–water partition coefficient (Wildman–Crippen LogP) is 4.23. The van der Waals surface area contributed by atoms with Crippen LogP contribution in [0.2, 0.25) is 5.02 Å². The van der Waals surface area contributed by atoms with Gasteiger partial charge in [0.25, 0.3) is 5.91 Å². The number of halogens is 1. The van der Waals surface area contributed by atoms with Crippen LogP contribution in [0.25, 0.3) is 0 Å². The molecule has 0 radical (unpaired) electrons. The zero-order valence-corrected chi connectivity index (χ0v) is 15.1. The summed E-state index contributed by atoms with van der Waals surface area (Å²) in [6, 6.07) is 6.94. The van der Waals surface area contributed by atoms with Gasteiger partial charge in [0.1, 0.15) is 5.75 Å². The molecule has 0 fully saturated rings. The maximum atomic E-state index is 12.7. The number of nitrogens with one attached hydrogen (secondary N) is 1. The van der Waals surface area contributed by atoms with E-state index in [0.717, 1.165) is 11.1 Å². The van der Waals surface area contributed by atoms with Crippen molar-refractivity contribution in [2.24, 2.45) is 0 Å². The number of rotatable bonds is 5. The third-order valence-electron chi connectivity index (χ3n) is 3.62. The Bertz CT molecular complexity index is 751. The monoisotopic (exact) mass is 349 g/mol. The van der Waals surface area contributed by atoms with Gasteiger partial charge in [0, 0.05) is 12.1 Å². The Hall–Kier alpha value is -2.40. The van der Waals surface area contributed by atoms with Crippen LogP contribution in [0.5, 0.6) is 17.2 Å². The molecule has 0 aliphatic carbocycles. The standard InChI is InChI=1S/C18H20ClNO4/c1-10-6-11(2)17(13(19)7-10)20-18(21)12-8-15(23-4)16(24-5)9-14(12)22-3/h6-9H,1-5H3,(H,20,21). The third kappa shape index (κ3) is 3.57. The van der Waals surface area contributed by atoms with Gasteiger partial charge in [-0.05, 0) is 31.0 Å². The van der Waals surface area contributed by atoms with Crippen LogP contribution < -0.4 is 19.5 Å². The Morgan fingerprint density at radius 3 is 2.04 bits per heavy atom. The lowest BCUT2D eigenvalue weighted by Gasteiger charge is -2.15. The molecule has 1 amide bonds. The molecule has 0 saturated carbocycles. The van der Waals surface area contributed by atoms with Gasteiger partial charge in [0.05, 0.1) is 37.6 Å². The molecule has 2 aromatic carbocycles. The molecule has 128 valence electrons. The van der Waals surface area contributed by atoms with Crippen LogP contribution in [0.4, 0.5) is 5.69 Å². The number of hydrogen-bond donors (Lipinski definition) is 1. The average Bonchev–Trinajstić information content (AvgIpc) is 2.56. The summed E-state index contributed by atoms with van der Waals surface area (Å²) in [6.07, 6.45) is 0. The van der Waals surface area contributed by atoms with Crippen LogP contribution >= 0.6 is 11.6 Å². The number of anilines is 1. The van der Waals surface area contributed by atoms with Crippen molar-refractivity contribution >= 4 is 23.2 Å². The number of methoxy groups -OCH3 is 3. The van der Waals surface area contributed by atoms with Crippen LogP contribution in [0, 0.1) is 13.8 Å². The Morgan fingerprint density at radius 2 is 1.50 bits per heavy atom. The van der Waals surface area contributed by atoms with Gasteiger partial charge in [-0.25, -0.2) is 0 Å². The minimum absolute atomic E-state index is 0.325. The minimum Gasteiger partial charge on any atom is -0.496 e. The maximum absolute atomic E-state index is 12.7. The van der Waals surface area contributed by atoms with E-state index < -0.39 is 0 Å². The molecule has 2 aromatic rings. The lowest BCUT2D eigenvalue weighted by Crippen LogP contribution is -2.15. The first-order valence-corrected chi connectivity index (χ1v) is 7.67. The summed E-state index contributed by atoms with van der Waals surface area (Å²) in [5.74, 6) is 0.957. The van der Waals surface area contributed by atoms with Crippen LogP contribution in [-0.2, 0) is 0 Å². The van der Waals surface area contributed by atoms with Crippen molar-refractivity contribution in [1.82, 2.24) is 0 Å². The van der Waals surface area contributed by atoms with Crippen molar-refractivity contribution in [3.63, 3.8) is 0 Å². The maximum Gasteiger partial charge on any atom is 0.259 e. The molecule has 0 saturated heterocycles. The number of ether oxygens (including phenoxy) is 3. The van der Waals surface area contributed by atoms with Gasteiger partial charge in [0.2, 0.25) is 0 Å². The second-order valence-corrected chi connectivity index (χ2v) is 5.71. The van der Waals surface area contributed by atoms with E-state index in [-0.39, 0.29) is 5.91 Å². The zero-order chi connectivity index (χ0) is 17.9. The van der Waals surface area contributed by atoms with E-state index in [9.17, 15) is 4.79 Å². The zero-order valence-electron chi connectivity index (χ0n) is 14.3. The first-order valence-electron chi connectivity index (χ1n) is 7.29. The van der Waals surface area contributed by atoms with E-state index in [2.05, 4.69) is 5.32 Å². The minimum atomic E-state index is -0.346. The molecule has 0 spiro atoms. The number of carbonyl (C=O) groups is 1. The lowest BCUT2D eigenvalue weighted by atomic mass is 10.1. The molecule has 0 aliphatic heterocycles. The first kappa shape index (κ1) is 17.9. The van der Waals surface area contributed by atoms with E-state index in [1.807, 2.05) is 19.9 Å². The quantitative estimate of drug-likeness (QED) is 0.877. The van der Waals surface area contributed by atoms with Crippen LogP contribution in [0.3, 0.4) is 0 Å². The van der Waals surface area contributed by atoms with Crippen molar-refractivity contribution < 1.29 is 19.0 Å². The smallest absolute Gasteiger partial charge is 0.259 e. The van der Waals surface area contributed by atoms with Crippen molar-refractivity contribution in [3.8, 4) is 17.2 Å². The molecule has 2 rings (SSSR count). The summed E-state index contributed by atoms with van der Waals surface area (Å²) in [5.41, 5.74) is 2.81. The van der Waals surface area contributed by atoms with Crippen LogP contribution in [0.1, 0.15) is 21.5 Å². The Kier molecular flexibility index (Phi) is 5.57. The third-order valence-corrected chi connectivity index (χ3v) is 3.92. The number of amides is 1. The molecule has 0 atom stereocenters. The second-order valence-electron chi connectivity index (χ2n) is 5.30. The number of hydrogen-bond acceptors (Lipinski definition) is 4. The highest BCUT2D eigenvalue weighted by molar-refractivity contribution is 6.34. The van der Waals surface area contributed by atoms with Crippen molar-refractivity contribution in [1.29, 1.82) is 0 Å². The summed E-state index contributed by atoms with van der Waals surface area (Å²) in [7, 11) is 4.52. The molecule has 0 unspecified atom stereocenters. The van der Waals surface area contributed by atoms with Gasteiger partial charge < -0.3 is 19.5 Å². The molecule has 5 nitrogen and oxygen atoms in total. The molecule has 0 heterocycles. The summed E-state index contributed by atoms with van der Waals surface area (Å²) in [6.45, 7) is 3.84. The fourth-order valence-corrected chi connectivity index (χ4v) is 2.83. The molecule has 24 heavy (non-hydrogen) atoms. The summed E-state index contributed by atoms with van der Waals surface area (Å²) in [5, 5.41) is 3.32. The van der Waals surface area contributed by atoms with Gasteiger partial charge >= 0.3 is 0 Å². The highest BCUT2D eigenvalue weighted by Crippen LogP contribution is 2.35. The van der Waals surface area contributed by atoms with Gasteiger partial charge in [-0.3, -0.25) is 4.79 Å². The Balaban J connectivity index is 2.43. The van der Waals surface area contributed by atoms with E-state index in [0.29, 0.717) is 33.5 Å². The van der Waals surface area contributed by atoms with Gasteiger partial charge in [0.15, 0.2) is 11.5 Å². The van der Waals surface area contributed by atoms with Crippen molar-refractivity contribution in [2.45, 2.75) is 13.8 Å². The van der Waals surface area contributed by atoms with Gasteiger partial charge in [-0.2, -0.15) is 0 Å². The highest BCUT2D eigenvalue weighted by atomic mass is 35.5. The number of carbonyl (C=O) groups excluding carboxylic acids is 1. The molecule has 1 N–H and O–H groups in total. The molecular weight excluding hydrogens is 330 g/mol. The fraction of sp³-hybridized carbons (Fsp3) is 0.278. The summed E-state index contributed by atoms with van der Waals surface area (Å²) >= 11 is 6.26. The normalized spacial score (nSPS) is 10.2. The predicted molar refractivity (Wildman–Crippen MR) is 95.0 cm³/mol. The Morgan fingerprint density at radius 1 is 0.917 bits per heavy atom. The molecule has 0 aromatic heterocycles. The molecule has 0 bridgehead atoms. The average molecular weight is 350 g/mol. The highest BCUT2D eigenvalue weighted by Gasteiger charge is 2.19. The van der Waals surface area contributed by atoms with E-state index in [1.54, 1.807) is 18.2 Å². The largest absolute Gasteiger partial charge is 0.496 e. The van der Waals surface area contributed by atoms with E-state index >= 15 is 0 Å². The van der Waals surface area contributed by atoms with Gasteiger partial charge in [-0.1, -0.05) is 17.7 Å². The fourth-order valence-electron chi connectivity index (χ4n) is 2.46. The van der Waals surface area contributed by atoms with Crippen molar-refractivity contribution in [3.05, 3.63) is 46.0 Å². The molecule has 6 heteroatoms. The Labute approximate surface area is 146 Å². The molecular formula is C18H20ClNO4. The second kappa shape index (κ2) is 7.45. The van der Waals surface area contributed by atoms with E-state index in [1.165, 1.54) is 21.3 Å². The van der Waals surface area contributed by atoms with Gasteiger partial charge in [-0.15, -0.1) is 0 Å². The summed E-state index contributed by atoms with van der Waals surface area (Å²) < 4.78 is 15.8. The van der Waals surface area contributed by atoms with E-state index in [4.69, 9.17) is 25.8 Å². The number of benzene rings is 2. The van der Waals surface area contributed by atoms with Crippen LogP contribution in [-0.4, -0.2) is 27.2 Å². The van der Waals surface area contributed by atoms with Crippen molar-refractivity contribution in [2.75, 3.05) is 26.6 Å².